The van der Waals surface area contributed by atoms with E-state index >= 15 is 0 Å². The fourth-order valence-corrected chi connectivity index (χ4v) is 1.16. The van der Waals surface area contributed by atoms with Gasteiger partial charge in [0.2, 0.25) is 5.91 Å². The molecule has 0 saturated carbocycles. The number of nitrogens with zero attached hydrogens (tertiary/aromatic N) is 1. The van der Waals surface area contributed by atoms with Crippen molar-refractivity contribution in [3.05, 3.63) is 0 Å². The molecule has 0 bridgehead atoms. The Bertz CT molecular complexity index is 136. The minimum absolute atomic E-state index is 0.0487. The Hall–Kier alpha value is -0.240. The first kappa shape index (κ1) is 11.8. The zero-order valence-corrected chi connectivity index (χ0v) is 8.90. The number of halogens is 1. The van der Waals surface area contributed by atoms with Crippen LogP contribution in [0.15, 0.2) is 0 Å². The molecule has 0 aromatic carbocycles. The Morgan fingerprint density at radius 1 is 1.50 bits per heavy atom. The molecule has 0 aliphatic rings. The van der Waals surface area contributed by atoms with E-state index in [0.717, 1.165) is 25.9 Å². The van der Waals surface area contributed by atoms with Gasteiger partial charge in [-0.05, 0) is 20.3 Å². The second-order valence-electron chi connectivity index (χ2n) is 2.89. The summed E-state index contributed by atoms with van der Waals surface area (Å²) in [5.74, 6) is 0.0487. The number of amides is 1. The van der Waals surface area contributed by atoms with Crippen LogP contribution in [-0.2, 0) is 4.79 Å². The molecule has 2 nitrogen and oxygen atoms in total. The molecule has 72 valence electrons. The van der Waals surface area contributed by atoms with Crippen LogP contribution in [0.3, 0.4) is 0 Å². The maximum absolute atomic E-state index is 11.4. The highest BCUT2D eigenvalue weighted by Gasteiger charge is 2.15. The minimum atomic E-state index is -0.387. The van der Waals surface area contributed by atoms with Gasteiger partial charge in [-0.15, -0.1) is 11.6 Å². The lowest BCUT2D eigenvalue weighted by molar-refractivity contribution is -0.130. The lowest BCUT2D eigenvalue weighted by Gasteiger charge is -2.21. The van der Waals surface area contributed by atoms with Gasteiger partial charge in [0.1, 0.15) is 5.38 Å². The molecule has 1 atom stereocenters. The van der Waals surface area contributed by atoms with Crippen molar-refractivity contribution in [1.82, 2.24) is 4.90 Å². The van der Waals surface area contributed by atoms with E-state index < -0.39 is 0 Å². The zero-order valence-electron chi connectivity index (χ0n) is 8.14. The Balaban J connectivity index is 3.88. The number of alkyl halides is 1. The Labute approximate surface area is 79.9 Å². The summed E-state index contributed by atoms with van der Waals surface area (Å²) in [4.78, 5) is 13.2. The number of carbonyl (C=O) groups is 1. The molecule has 0 aliphatic heterocycles. The summed E-state index contributed by atoms with van der Waals surface area (Å²) in [6, 6.07) is 0. The summed E-state index contributed by atoms with van der Waals surface area (Å²) in [6.07, 6.45) is 2.17. The van der Waals surface area contributed by atoms with Crippen LogP contribution in [0.25, 0.3) is 0 Å². The van der Waals surface area contributed by atoms with Crippen LogP contribution in [0.2, 0.25) is 0 Å². The summed E-state index contributed by atoms with van der Waals surface area (Å²) < 4.78 is 0. The summed E-state index contributed by atoms with van der Waals surface area (Å²) in [5, 5.41) is -0.387. The van der Waals surface area contributed by atoms with Crippen LogP contribution < -0.4 is 0 Å². The molecular formula is C9H18ClNO. The zero-order chi connectivity index (χ0) is 9.56. The standard InChI is InChI=1S/C9H18ClNO/c1-4-6-7-11(5-2)9(12)8(3)10/h8H,4-7H2,1-3H3. The summed E-state index contributed by atoms with van der Waals surface area (Å²) in [7, 11) is 0. The molecule has 0 aliphatic carbocycles. The third-order valence-corrected chi connectivity index (χ3v) is 2.00. The molecule has 12 heavy (non-hydrogen) atoms. The van der Waals surface area contributed by atoms with Gasteiger partial charge >= 0.3 is 0 Å². The SMILES string of the molecule is CCCCN(CC)C(=O)C(C)Cl. The van der Waals surface area contributed by atoms with Crippen LogP contribution in [0.5, 0.6) is 0 Å². The predicted octanol–water partition coefficient (Wildman–Crippen LogP) is 2.26. The summed E-state index contributed by atoms with van der Waals surface area (Å²) in [5.41, 5.74) is 0. The largest absolute Gasteiger partial charge is 0.342 e. The quantitative estimate of drug-likeness (QED) is 0.611. The summed E-state index contributed by atoms with van der Waals surface area (Å²) in [6.45, 7) is 7.41. The molecule has 1 amide bonds. The van der Waals surface area contributed by atoms with Crippen molar-refractivity contribution in [3.63, 3.8) is 0 Å². The van der Waals surface area contributed by atoms with Crippen LogP contribution in [0.4, 0.5) is 0 Å². The average molecular weight is 192 g/mol. The Morgan fingerprint density at radius 2 is 2.08 bits per heavy atom. The molecule has 0 N–H and O–H groups in total. The second kappa shape index (κ2) is 6.30. The topological polar surface area (TPSA) is 20.3 Å². The Morgan fingerprint density at radius 3 is 2.42 bits per heavy atom. The molecule has 0 rings (SSSR count). The van der Waals surface area contributed by atoms with E-state index in [-0.39, 0.29) is 11.3 Å². The van der Waals surface area contributed by atoms with E-state index in [9.17, 15) is 4.79 Å². The van der Waals surface area contributed by atoms with E-state index in [4.69, 9.17) is 11.6 Å². The minimum Gasteiger partial charge on any atom is -0.342 e. The van der Waals surface area contributed by atoms with Gasteiger partial charge in [0.25, 0.3) is 0 Å². The molecular weight excluding hydrogens is 174 g/mol. The van der Waals surface area contributed by atoms with Gasteiger partial charge in [0, 0.05) is 13.1 Å². The molecule has 0 aromatic rings. The average Bonchev–Trinajstić information content (AvgIpc) is 2.05. The van der Waals surface area contributed by atoms with Crippen molar-refractivity contribution >= 4 is 17.5 Å². The van der Waals surface area contributed by atoms with Gasteiger partial charge in [0.05, 0.1) is 0 Å². The number of unbranched alkanes of at least 4 members (excludes halogenated alkanes) is 1. The van der Waals surface area contributed by atoms with Crippen molar-refractivity contribution in [2.45, 2.75) is 39.0 Å². The van der Waals surface area contributed by atoms with Crippen molar-refractivity contribution in [1.29, 1.82) is 0 Å². The number of hydrogen-bond acceptors (Lipinski definition) is 1. The van der Waals surface area contributed by atoms with E-state index in [1.807, 2.05) is 6.92 Å². The van der Waals surface area contributed by atoms with E-state index in [1.165, 1.54) is 0 Å². The maximum atomic E-state index is 11.4. The first-order valence-corrected chi connectivity index (χ1v) is 5.00. The van der Waals surface area contributed by atoms with E-state index in [0.29, 0.717) is 0 Å². The molecule has 3 heteroatoms. The molecule has 0 aromatic heterocycles. The van der Waals surface area contributed by atoms with Gasteiger partial charge in [0.15, 0.2) is 0 Å². The molecule has 0 radical (unpaired) electrons. The van der Waals surface area contributed by atoms with Crippen molar-refractivity contribution in [2.24, 2.45) is 0 Å². The highest BCUT2D eigenvalue weighted by atomic mass is 35.5. The Kier molecular flexibility index (Phi) is 6.17. The van der Waals surface area contributed by atoms with Crippen molar-refractivity contribution < 1.29 is 4.79 Å². The normalized spacial score (nSPS) is 12.7. The maximum Gasteiger partial charge on any atom is 0.240 e. The molecule has 0 spiro atoms. The van der Waals surface area contributed by atoms with Crippen LogP contribution >= 0.6 is 11.6 Å². The van der Waals surface area contributed by atoms with Crippen LogP contribution in [-0.4, -0.2) is 29.3 Å². The molecule has 1 unspecified atom stereocenters. The van der Waals surface area contributed by atoms with Gasteiger partial charge in [-0.1, -0.05) is 13.3 Å². The van der Waals surface area contributed by atoms with Crippen molar-refractivity contribution in [2.75, 3.05) is 13.1 Å². The van der Waals surface area contributed by atoms with Gasteiger partial charge in [-0.25, -0.2) is 0 Å². The smallest absolute Gasteiger partial charge is 0.240 e. The fourth-order valence-electron chi connectivity index (χ4n) is 1.02. The second-order valence-corrected chi connectivity index (χ2v) is 3.54. The van der Waals surface area contributed by atoms with E-state index in [2.05, 4.69) is 6.92 Å². The first-order chi connectivity index (χ1) is 5.63. The van der Waals surface area contributed by atoms with Gasteiger partial charge in [-0.2, -0.15) is 0 Å². The monoisotopic (exact) mass is 191 g/mol. The summed E-state index contributed by atoms with van der Waals surface area (Å²) >= 11 is 5.69. The van der Waals surface area contributed by atoms with Gasteiger partial charge in [-0.3, -0.25) is 4.79 Å². The third-order valence-electron chi connectivity index (χ3n) is 1.82. The predicted molar refractivity (Wildman–Crippen MR) is 52.5 cm³/mol. The molecule has 0 heterocycles. The van der Waals surface area contributed by atoms with Crippen molar-refractivity contribution in [3.8, 4) is 0 Å². The molecule has 0 fully saturated rings. The third kappa shape index (κ3) is 3.96. The lowest BCUT2D eigenvalue weighted by atomic mass is 10.3. The van der Waals surface area contributed by atoms with Crippen LogP contribution in [0.1, 0.15) is 33.6 Å². The molecule has 0 saturated heterocycles. The van der Waals surface area contributed by atoms with Crippen LogP contribution in [0, 0.1) is 0 Å². The van der Waals surface area contributed by atoms with Gasteiger partial charge < -0.3 is 4.90 Å². The lowest BCUT2D eigenvalue weighted by Crippen LogP contribution is -2.36. The fraction of sp³-hybridized carbons (Fsp3) is 0.889. The number of rotatable bonds is 5. The number of hydrogen-bond donors (Lipinski definition) is 0. The highest BCUT2D eigenvalue weighted by molar-refractivity contribution is 6.30. The highest BCUT2D eigenvalue weighted by Crippen LogP contribution is 2.03. The van der Waals surface area contributed by atoms with E-state index in [1.54, 1.807) is 11.8 Å². The first-order valence-electron chi connectivity index (χ1n) is 4.56. The number of carbonyl (C=O) groups excluding carboxylic acids is 1.